The van der Waals surface area contributed by atoms with Gasteiger partial charge in [-0.3, -0.25) is 9.59 Å². The molecule has 0 radical (unpaired) electrons. The number of hydrogen-bond acceptors (Lipinski definition) is 5. The predicted molar refractivity (Wildman–Crippen MR) is 115 cm³/mol. The van der Waals surface area contributed by atoms with E-state index >= 15 is 0 Å². The molecule has 3 rings (SSSR count). The van der Waals surface area contributed by atoms with Crippen molar-refractivity contribution < 1.29 is 24.6 Å². The number of Topliss-reactive ketones (excluding diaryl/α,β-unsaturated/α-hetero) is 1. The molecule has 6 nitrogen and oxygen atoms in total. The Morgan fingerprint density at radius 3 is 2.23 bits per heavy atom. The Hall–Kier alpha value is -3.41. The topological polar surface area (TPSA) is 97.7 Å². The van der Waals surface area contributed by atoms with Gasteiger partial charge in [0, 0.05) is 18.1 Å². The van der Waals surface area contributed by atoms with Gasteiger partial charge in [-0.2, -0.15) is 0 Å². The molecule has 162 valence electrons. The summed E-state index contributed by atoms with van der Waals surface area (Å²) in [4.78, 5) is 37.9. The average Bonchev–Trinajstić information content (AvgIpc) is 2.98. The first-order valence-corrected chi connectivity index (χ1v) is 10.4. The molecule has 1 fully saturated rings. The van der Waals surface area contributed by atoms with Gasteiger partial charge in [-0.1, -0.05) is 67.9 Å². The number of carboxylic acid groups (broad SMARTS) is 1. The zero-order valence-corrected chi connectivity index (χ0v) is 17.9. The Kier molecular flexibility index (Phi) is 6.59. The van der Waals surface area contributed by atoms with Crippen LogP contribution >= 0.6 is 0 Å². The second-order valence-electron chi connectivity index (χ2n) is 8.16. The minimum atomic E-state index is -1.21. The first kappa shape index (κ1) is 22.3. The Labute approximate surface area is 181 Å². The summed E-state index contributed by atoms with van der Waals surface area (Å²) >= 11 is 0. The first-order chi connectivity index (χ1) is 14.7. The van der Waals surface area contributed by atoms with Crippen molar-refractivity contribution in [3.63, 3.8) is 0 Å². The summed E-state index contributed by atoms with van der Waals surface area (Å²) < 4.78 is 0. The lowest BCUT2D eigenvalue weighted by Gasteiger charge is -2.25. The van der Waals surface area contributed by atoms with E-state index in [-0.39, 0.29) is 30.7 Å². The molecule has 0 aromatic heterocycles. The zero-order valence-electron chi connectivity index (χ0n) is 17.9. The predicted octanol–water partition coefficient (Wildman–Crippen LogP) is 3.07. The Bertz CT molecular complexity index is 1020. The van der Waals surface area contributed by atoms with E-state index in [0.717, 1.165) is 11.1 Å². The highest BCUT2D eigenvalue weighted by atomic mass is 16.4. The number of aliphatic carboxylic acids is 1. The van der Waals surface area contributed by atoms with Gasteiger partial charge in [0.05, 0.1) is 11.6 Å². The van der Waals surface area contributed by atoms with Crippen LogP contribution in [0.4, 0.5) is 0 Å². The van der Waals surface area contributed by atoms with E-state index in [4.69, 9.17) is 0 Å². The van der Waals surface area contributed by atoms with E-state index in [0.29, 0.717) is 17.0 Å². The maximum Gasteiger partial charge on any atom is 0.295 e. The Balaban J connectivity index is 2.09. The van der Waals surface area contributed by atoms with E-state index in [2.05, 4.69) is 13.8 Å². The minimum absolute atomic E-state index is 0.0135. The zero-order chi connectivity index (χ0) is 22.7. The van der Waals surface area contributed by atoms with Crippen LogP contribution in [0.1, 0.15) is 60.9 Å². The monoisotopic (exact) mass is 420 g/mol. The molecule has 0 spiro atoms. The minimum Gasteiger partial charge on any atom is -0.550 e. The summed E-state index contributed by atoms with van der Waals surface area (Å²) in [5.74, 6) is -2.65. The maximum atomic E-state index is 12.9. The van der Waals surface area contributed by atoms with Crippen LogP contribution in [0.5, 0.6) is 0 Å². The molecule has 1 aliphatic rings. The van der Waals surface area contributed by atoms with E-state index in [1.54, 1.807) is 12.1 Å². The second kappa shape index (κ2) is 9.16. The number of ketones is 1. The van der Waals surface area contributed by atoms with Crippen molar-refractivity contribution in [3.05, 3.63) is 76.4 Å². The highest BCUT2D eigenvalue weighted by molar-refractivity contribution is 6.46. The fourth-order valence-corrected chi connectivity index (χ4v) is 3.78. The average molecular weight is 420 g/mol. The fourth-order valence-electron chi connectivity index (χ4n) is 3.78. The number of amides is 1. The lowest BCUT2D eigenvalue weighted by molar-refractivity contribution is -0.305. The third-order valence-electron chi connectivity index (χ3n) is 5.56. The van der Waals surface area contributed by atoms with Gasteiger partial charge in [0.2, 0.25) is 0 Å². The fraction of sp³-hybridized carbons (Fsp3) is 0.320. The van der Waals surface area contributed by atoms with E-state index in [1.165, 1.54) is 4.90 Å². The van der Waals surface area contributed by atoms with Gasteiger partial charge < -0.3 is 19.9 Å². The van der Waals surface area contributed by atoms with Crippen molar-refractivity contribution in [2.75, 3.05) is 6.54 Å². The molecule has 31 heavy (non-hydrogen) atoms. The number of aryl methyl sites for hydroxylation is 1. The number of benzene rings is 2. The summed E-state index contributed by atoms with van der Waals surface area (Å²) in [6.45, 7) is 6.12. The van der Waals surface area contributed by atoms with Crippen LogP contribution < -0.4 is 5.11 Å². The molecule has 1 atom stereocenters. The molecule has 1 N–H and O–H groups in total. The lowest BCUT2D eigenvalue weighted by atomic mass is 9.93. The van der Waals surface area contributed by atoms with Crippen LogP contribution in [0.25, 0.3) is 5.76 Å². The number of aliphatic hydroxyl groups excluding tert-OH is 1. The molecule has 1 aliphatic heterocycles. The van der Waals surface area contributed by atoms with Crippen LogP contribution in [0.15, 0.2) is 54.1 Å². The smallest absolute Gasteiger partial charge is 0.295 e. The van der Waals surface area contributed by atoms with Crippen LogP contribution in [-0.4, -0.2) is 34.2 Å². The number of carboxylic acids is 1. The normalized spacial score (nSPS) is 18.1. The first-order valence-electron chi connectivity index (χ1n) is 10.4. The van der Waals surface area contributed by atoms with Crippen LogP contribution in [0, 0.1) is 6.92 Å². The van der Waals surface area contributed by atoms with Crippen molar-refractivity contribution in [3.8, 4) is 0 Å². The summed E-state index contributed by atoms with van der Waals surface area (Å²) in [6.07, 6.45) is -0.0690. The number of hydrogen-bond donors (Lipinski definition) is 1. The van der Waals surface area contributed by atoms with Gasteiger partial charge in [-0.15, -0.1) is 0 Å². The molecule has 0 aliphatic carbocycles. The Morgan fingerprint density at radius 1 is 1.06 bits per heavy atom. The van der Waals surface area contributed by atoms with Crippen molar-refractivity contribution >= 4 is 23.4 Å². The van der Waals surface area contributed by atoms with Crippen molar-refractivity contribution in [1.82, 2.24) is 4.90 Å². The highest BCUT2D eigenvalue weighted by Crippen LogP contribution is 2.39. The van der Waals surface area contributed by atoms with E-state index in [9.17, 15) is 24.6 Å². The molecule has 2 aromatic carbocycles. The summed E-state index contributed by atoms with van der Waals surface area (Å²) in [5.41, 5.74) is 3.25. The quantitative estimate of drug-likeness (QED) is 0.422. The van der Waals surface area contributed by atoms with Gasteiger partial charge in [0.15, 0.2) is 0 Å². The third kappa shape index (κ3) is 4.68. The van der Waals surface area contributed by atoms with E-state index in [1.807, 2.05) is 43.3 Å². The summed E-state index contributed by atoms with van der Waals surface area (Å²) in [6, 6.07) is 13.8. The number of aliphatic hydroxyl groups is 1. The van der Waals surface area contributed by atoms with Gasteiger partial charge in [-0.25, -0.2) is 0 Å². The van der Waals surface area contributed by atoms with Crippen molar-refractivity contribution in [2.45, 2.75) is 45.6 Å². The number of carbonyl (C=O) groups excluding carboxylic acids is 3. The molecule has 0 bridgehead atoms. The molecule has 6 heteroatoms. The van der Waals surface area contributed by atoms with Gasteiger partial charge in [-0.05, 0) is 36.8 Å². The van der Waals surface area contributed by atoms with Gasteiger partial charge >= 0.3 is 0 Å². The molecule has 1 heterocycles. The molecule has 0 unspecified atom stereocenters. The number of nitrogens with zero attached hydrogens (tertiary/aromatic N) is 1. The van der Waals surface area contributed by atoms with E-state index < -0.39 is 23.7 Å². The standard InChI is InChI=1S/C25H27NO5/c1-15(2)17-10-12-18(13-11-17)22-21(23(29)19-8-6-16(3)7-9-19)24(30)25(31)26(22)14-4-5-20(27)28/h6-13,15,22,29H,4-5,14H2,1-3H3,(H,27,28)/p-1/b23-21+/t22-/m0/s1. The molecule has 0 saturated carbocycles. The molecule has 1 saturated heterocycles. The van der Waals surface area contributed by atoms with Crippen LogP contribution in [0.2, 0.25) is 0 Å². The maximum absolute atomic E-state index is 12.9. The van der Waals surface area contributed by atoms with Crippen molar-refractivity contribution in [2.24, 2.45) is 0 Å². The number of carbonyl (C=O) groups is 3. The number of rotatable bonds is 7. The van der Waals surface area contributed by atoms with Gasteiger partial charge in [0.1, 0.15) is 5.76 Å². The second-order valence-corrected chi connectivity index (χ2v) is 8.16. The lowest BCUT2D eigenvalue weighted by Crippen LogP contribution is -2.32. The molecule has 1 amide bonds. The number of likely N-dealkylation sites (tertiary alicyclic amines) is 1. The molecular formula is C25H26NO5-. The van der Waals surface area contributed by atoms with Crippen molar-refractivity contribution in [1.29, 1.82) is 0 Å². The van der Waals surface area contributed by atoms with Crippen LogP contribution in [-0.2, 0) is 14.4 Å². The summed E-state index contributed by atoms with van der Waals surface area (Å²) in [5, 5.41) is 21.8. The third-order valence-corrected chi connectivity index (χ3v) is 5.56. The highest BCUT2D eigenvalue weighted by Gasteiger charge is 2.45. The van der Waals surface area contributed by atoms with Crippen LogP contribution in [0.3, 0.4) is 0 Å². The molecule has 2 aromatic rings. The molecular weight excluding hydrogens is 394 g/mol. The summed E-state index contributed by atoms with van der Waals surface area (Å²) in [7, 11) is 0. The Morgan fingerprint density at radius 2 is 1.68 bits per heavy atom. The largest absolute Gasteiger partial charge is 0.550 e. The van der Waals surface area contributed by atoms with Gasteiger partial charge in [0.25, 0.3) is 11.7 Å². The SMILES string of the molecule is Cc1ccc(/C(O)=C2\C(=O)C(=O)N(CCCC(=O)[O-])[C@H]2c2ccc(C(C)C)cc2)cc1.